The van der Waals surface area contributed by atoms with Gasteiger partial charge in [0.1, 0.15) is 17.5 Å². The number of phenolic OH excluding ortho intramolecular Hbond substituents is 1. The largest absolute Gasteiger partial charge is 0.748 e. The first-order chi connectivity index (χ1) is 53.0. The number of hydrogen-bond donors (Lipinski definition) is 2. The van der Waals surface area contributed by atoms with E-state index in [1.807, 2.05) is 77.9 Å². The van der Waals surface area contributed by atoms with Gasteiger partial charge in [-0.3, -0.25) is 28.8 Å². The van der Waals surface area contributed by atoms with Crippen molar-refractivity contribution in [2.45, 2.75) is 232 Å². The van der Waals surface area contributed by atoms with E-state index in [2.05, 4.69) is 137 Å². The third kappa shape index (κ3) is 20.1. The number of carbonyl (C=O) groups excluding carboxylic acids is 6. The molecule has 16 nitrogen and oxygen atoms in total. The minimum Gasteiger partial charge on any atom is -0.748 e. The van der Waals surface area contributed by atoms with Gasteiger partial charge in [-0.15, -0.1) is 0 Å². The summed E-state index contributed by atoms with van der Waals surface area (Å²) >= 11 is 0. The highest BCUT2D eigenvalue weighted by molar-refractivity contribution is 7.85. The highest BCUT2D eigenvalue weighted by atomic mass is 32.2. The molecule has 8 aliphatic rings. The number of alkyl halides is 3. The smallest absolute Gasteiger partial charge is 0.426 e. The van der Waals surface area contributed by atoms with Crippen LogP contribution in [0.5, 0.6) is 5.75 Å². The molecule has 0 radical (unpaired) electrons. The van der Waals surface area contributed by atoms with Gasteiger partial charge in [-0.25, -0.2) is 8.42 Å². The number of benzene rings is 7. The molecule has 3 saturated heterocycles. The number of aliphatic hydroxyl groups is 1. The highest BCUT2D eigenvalue weighted by Gasteiger charge is 2.66. The average Bonchev–Trinajstić information content (AvgIpc) is 0.727. The summed E-state index contributed by atoms with van der Waals surface area (Å²) in [5.74, 6) is -2.11. The number of ether oxygens (including phenoxy) is 5. The standard InChI is InChI=1S/C20H29F3O7S.C18H16O2.C18H13S.C13H20O.C12H16O5.C10H14O/c1-3-12(2)4-16(24)30-19-8-13-5-14(9-19)7-18(6-13,11-19)17(25)29-15(20(21,22)23)10-31(26,27)28;1-3-11(2)12-8-9-15-16(10-12)18(20)14-7-5-4-6-13(14)17(15)19;1-2-8-14(9-3-1)19-17-12-6-4-10-15(17)16-11-5-7-13-18(16)19;1-5-10(2)11-6-8-12(9-7-11)13(3,4)14;1-3-5(2)11(13)16-9-7-4-6-8(15-7)10(9)17-12(6)14;1-3-8(2)9-4-6-10(11)7-5-9/h12-15H,3-11H2,1-2H3,(H,26,27,28);4-11H,3H2,1-2H3;1-13H;6-10,14H,5H2,1-4H3;5-10H,3-4H2,1-2H3;4-8,11H,3H2,1-2H3/q;;+1;;;/p-1. The zero-order valence-corrected chi connectivity index (χ0v) is 67.8. The lowest BCUT2D eigenvalue weighted by molar-refractivity contribution is -0.237. The lowest BCUT2D eigenvalue weighted by Gasteiger charge is -2.59. The van der Waals surface area contributed by atoms with Crippen molar-refractivity contribution >= 4 is 76.2 Å². The van der Waals surface area contributed by atoms with Gasteiger partial charge in [0.25, 0.3) is 0 Å². The fraction of sp³-hybridized carbons (Fsp3) is 0.473. The number of esters is 4. The van der Waals surface area contributed by atoms with Crippen LogP contribution in [-0.4, -0.2) is 107 Å². The zero-order chi connectivity index (χ0) is 81.4. The number of phenols is 1. The fourth-order valence-electron chi connectivity index (χ4n) is 16.5. The average molecular weight is 1580 g/mol. The van der Waals surface area contributed by atoms with E-state index in [9.17, 15) is 60.0 Å². The molecule has 2 N–H and O–H groups in total. The summed E-state index contributed by atoms with van der Waals surface area (Å²) in [7, 11) is -5.21. The predicted octanol–water partition coefficient (Wildman–Crippen LogP) is 20.0. The van der Waals surface area contributed by atoms with Crippen molar-refractivity contribution < 1.29 is 88.8 Å². The van der Waals surface area contributed by atoms with Gasteiger partial charge in [0, 0.05) is 56.3 Å². The maximum absolute atomic E-state index is 13.2. The number of ketones is 2. The van der Waals surface area contributed by atoms with Crippen molar-refractivity contribution in [1.29, 1.82) is 0 Å². The number of thiophene rings is 1. The van der Waals surface area contributed by atoms with Gasteiger partial charge in [-0.05, 0) is 190 Å². The summed E-state index contributed by atoms with van der Waals surface area (Å²) in [5.41, 5.74) is 3.94. The molecule has 0 spiro atoms. The zero-order valence-electron chi connectivity index (χ0n) is 66.1. The molecular weight excluding hydrogens is 1470 g/mol. The van der Waals surface area contributed by atoms with E-state index in [1.54, 1.807) is 42.5 Å². The van der Waals surface area contributed by atoms with Gasteiger partial charge in [-0.2, -0.15) is 13.2 Å². The Kier molecular flexibility index (Phi) is 27.8. The Morgan fingerprint density at radius 2 is 1.12 bits per heavy atom. The topological polar surface area (TPSA) is 246 Å². The monoisotopic (exact) mass is 1580 g/mol. The summed E-state index contributed by atoms with van der Waals surface area (Å²) in [4.78, 5) is 75.0. The Morgan fingerprint density at radius 1 is 0.616 bits per heavy atom. The molecule has 4 saturated carbocycles. The first-order valence-electron chi connectivity index (χ1n) is 39.4. The molecule has 6 bridgehead atoms. The maximum Gasteiger partial charge on any atom is 0.426 e. The quantitative estimate of drug-likeness (QED) is 0.0331. The van der Waals surface area contributed by atoms with Gasteiger partial charge in [0.05, 0.1) is 44.8 Å². The van der Waals surface area contributed by atoms with Crippen LogP contribution in [0, 0.1) is 35.0 Å². The summed E-state index contributed by atoms with van der Waals surface area (Å²) in [6.45, 7) is 24.3. The second-order valence-corrected chi connectivity index (χ2v) is 35.6. The summed E-state index contributed by atoms with van der Waals surface area (Å²) in [6.07, 6.45) is -1.03. The van der Waals surface area contributed by atoms with Gasteiger partial charge in [0.15, 0.2) is 38.1 Å². The summed E-state index contributed by atoms with van der Waals surface area (Å²) in [5, 5.41) is 21.6. The molecule has 112 heavy (non-hydrogen) atoms. The first kappa shape index (κ1) is 85.8. The van der Waals surface area contributed by atoms with Crippen LogP contribution in [0.4, 0.5) is 13.2 Å². The van der Waals surface area contributed by atoms with Crippen molar-refractivity contribution in [2.24, 2.45) is 35.0 Å². The van der Waals surface area contributed by atoms with E-state index >= 15 is 0 Å². The van der Waals surface area contributed by atoms with Crippen LogP contribution in [0.3, 0.4) is 0 Å². The van der Waals surface area contributed by atoms with Crippen LogP contribution in [0.15, 0.2) is 170 Å². The molecule has 21 heteroatoms. The third-order valence-corrected chi connectivity index (χ3v) is 26.5. The SMILES string of the molecule is CCC(C)C(=O)OC1C2CC3C(=O)OC1C3O2.CCC(C)CC(=O)OC12CC3CC(C1)CC(C(=O)OC(CS(=O)(=O)[O-])C(F)(F)F)(C3)C2.CCC(C)c1ccc(C(C)(C)O)cc1.CCC(C)c1ccc(O)cc1.CCC(C)c1ccc2c(c1)C(=O)c1ccccc1C2=O.c1ccc(-[s+]2c3ccccc3c3ccccc32)cc1. The molecule has 600 valence electrons. The van der Waals surface area contributed by atoms with Crippen LogP contribution in [0.25, 0.3) is 25.1 Å². The number of halogens is 3. The Balaban J connectivity index is 0.000000147. The summed E-state index contributed by atoms with van der Waals surface area (Å²) in [6, 6.07) is 56.8. The minimum atomic E-state index is -5.27. The third-order valence-electron chi connectivity index (χ3n) is 23.5. The van der Waals surface area contributed by atoms with Crippen LogP contribution in [0.2, 0.25) is 0 Å². The van der Waals surface area contributed by atoms with Gasteiger partial charge in [0.2, 0.25) is 6.10 Å². The Hall–Kier alpha value is -8.60. The van der Waals surface area contributed by atoms with E-state index in [0.29, 0.717) is 77.9 Å². The molecule has 0 amide bonds. The number of rotatable bonds is 19. The van der Waals surface area contributed by atoms with Crippen LogP contribution >= 0.6 is 10.5 Å². The van der Waals surface area contributed by atoms with Crippen molar-refractivity contribution in [3.8, 4) is 10.6 Å². The number of aromatic hydroxyl groups is 1. The van der Waals surface area contributed by atoms with Crippen LogP contribution in [0.1, 0.15) is 238 Å². The van der Waals surface area contributed by atoms with Crippen molar-refractivity contribution in [1.82, 2.24) is 0 Å². The highest BCUT2D eigenvalue weighted by Crippen LogP contribution is 2.64. The molecule has 1 aromatic heterocycles. The Labute approximate surface area is 659 Å². The van der Waals surface area contributed by atoms with E-state index in [-0.39, 0.29) is 101 Å². The van der Waals surface area contributed by atoms with Crippen molar-refractivity contribution in [2.75, 3.05) is 5.75 Å². The molecule has 13 atom stereocenters. The van der Waals surface area contributed by atoms with Gasteiger partial charge < -0.3 is 38.5 Å². The van der Waals surface area contributed by atoms with Gasteiger partial charge in [-0.1, -0.05) is 191 Å². The minimum absolute atomic E-state index is 0.0118. The normalized spacial score (nSPS) is 23.7. The van der Waals surface area contributed by atoms with Crippen LogP contribution < -0.4 is 0 Å². The second kappa shape index (κ2) is 36.3. The fourth-order valence-corrected chi connectivity index (χ4v) is 19.5. The van der Waals surface area contributed by atoms with Crippen LogP contribution in [-0.2, 0) is 58.6 Å². The number of carbonyl (C=O) groups is 6. The molecule has 8 aromatic rings. The lowest BCUT2D eigenvalue weighted by atomic mass is 9.48. The molecule has 3 aliphatic heterocycles. The summed E-state index contributed by atoms with van der Waals surface area (Å²) < 4.78 is 102. The molecular formula is C91H107F3O16S2. The molecule has 13 unspecified atom stereocenters. The van der Waals surface area contributed by atoms with Crippen molar-refractivity contribution in [3.05, 3.63) is 214 Å². The second-order valence-electron chi connectivity index (χ2n) is 32.2. The Bertz CT molecular complexity index is 4670. The first-order valence-corrected chi connectivity index (χ1v) is 42.3. The van der Waals surface area contributed by atoms with E-state index in [1.165, 1.54) is 36.2 Å². The van der Waals surface area contributed by atoms with E-state index < -0.39 is 56.8 Å². The Morgan fingerprint density at radius 3 is 1.63 bits per heavy atom. The molecule has 7 aromatic carbocycles. The molecule has 7 fully saturated rings. The van der Waals surface area contributed by atoms with E-state index in [0.717, 1.165) is 49.7 Å². The number of hydrogen-bond acceptors (Lipinski definition) is 16. The molecule has 4 heterocycles. The molecule has 5 aliphatic carbocycles. The van der Waals surface area contributed by atoms with Crippen molar-refractivity contribution in [3.63, 3.8) is 0 Å². The maximum atomic E-state index is 13.2. The predicted molar refractivity (Wildman–Crippen MR) is 427 cm³/mol. The molecule has 16 rings (SSSR count). The lowest BCUT2D eigenvalue weighted by Crippen LogP contribution is -2.60. The van der Waals surface area contributed by atoms with Gasteiger partial charge >= 0.3 is 30.1 Å². The van der Waals surface area contributed by atoms with E-state index in [4.69, 9.17) is 24.1 Å². The number of fused-ring (bicyclic) bond motifs is 6.